The van der Waals surface area contributed by atoms with Gasteiger partial charge in [0.25, 0.3) is 0 Å². The van der Waals surface area contributed by atoms with Crippen LogP contribution in [0.2, 0.25) is 0 Å². The molecule has 3 atom stereocenters. The second-order valence-corrected chi connectivity index (χ2v) is 7.65. The van der Waals surface area contributed by atoms with Gasteiger partial charge in [-0.25, -0.2) is 0 Å². The van der Waals surface area contributed by atoms with Crippen LogP contribution in [0.5, 0.6) is 0 Å². The highest BCUT2D eigenvalue weighted by molar-refractivity contribution is 5.18. The van der Waals surface area contributed by atoms with Crippen molar-refractivity contribution in [2.75, 3.05) is 6.54 Å². The van der Waals surface area contributed by atoms with Gasteiger partial charge in [-0.05, 0) is 54.9 Å². The molecule has 98 valence electrons. The normalized spacial score (nSPS) is 44.6. The molecule has 0 aliphatic heterocycles. The quantitative estimate of drug-likeness (QED) is 0.780. The summed E-state index contributed by atoms with van der Waals surface area (Å²) in [7, 11) is 0. The van der Waals surface area contributed by atoms with Crippen LogP contribution in [0.3, 0.4) is 0 Å². The SMILES string of the molecule is CC1CCCC2(CC1)C(CNC1CC1)C2(C)C. The fraction of sp³-hybridized carbons (Fsp3) is 1.00. The van der Waals surface area contributed by atoms with E-state index in [0.29, 0.717) is 10.8 Å². The Morgan fingerprint density at radius 2 is 1.82 bits per heavy atom. The molecule has 0 amide bonds. The molecule has 0 radical (unpaired) electrons. The zero-order valence-corrected chi connectivity index (χ0v) is 11.9. The van der Waals surface area contributed by atoms with E-state index >= 15 is 0 Å². The molecule has 3 aliphatic carbocycles. The van der Waals surface area contributed by atoms with E-state index in [1.165, 1.54) is 51.5 Å². The Labute approximate surface area is 107 Å². The van der Waals surface area contributed by atoms with Crippen LogP contribution < -0.4 is 5.32 Å². The molecular formula is C16H29N. The van der Waals surface area contributed by atoms with E-state index in [-0.39, 0.29) is 0 Å². The first-order valence-electron chi connectivity index (χ1n) is 7.80. The zero-order valence-electron chi connectivity index (χ0n) is 11.9. The lowest BCUT2D eigenvalue weighted by atomic mass is 9.87. The molecule has 3 unspecified atom stereocenters. The average molecular weight is 235 g/mol. The second-order valence-electron chi connectivity index (χ2n) is 7.65. The van der Waals surface area contributed by atoms with Gasteiger partial charge in [-0.3, -0.25) is 0 Å². The third-order valence-electron chi connectivity index (χ3n) is 6.33. The topological polar surface area (TPSA) is 12.0 Å². The molecule has 1 nitrogen and oxygen atoms in total. The van der Waals surface area contributed by atoms with E-state index in [2.05, 4.69) is 26.1 Å². The lowest BCUT2D eigenvalue weighted by Crippen LogP contribution is -2.22. The predicted molar refractivity (Wildman–Crippen MR) is 73.0 cm³/mol. The van der Waals surface area contributed by atoms with Crippen LogP contribution in [0.25, 0.3) is 0 Å². The summed E-state index contributed by atoms with van der Waals surface area (Å²) in [6.07, 6.45) is 10.3. The van der Waals surface area contributed by atoms with Crippen molar-refractivity contribution >= 4 is 0 Å². The fourth-order valence-corrected chi connectivity index (χ4v) is 4.62. The minimum atomic E-state index is 0.610. The van der Waals surface area contributed by atoms with Gasteiger partial charge in [0, 0.05) is 6.04 Å². The molecule has 0 bridgehead atoms. The van der Waals surface area contributed by atoms with Crippen LogP contribution in [-0.2, 0) is 0 Å². The van der Waals surface area contributed by atoms with Gasteiger partial charge in [0.15, 0.2) is 0 Å². The number of nitrogens with one attached hydrogen (secondary N) is 1. The number of rotatable bonds is 3. The Morgan fingerprint density at radius 1 is 1.06 bits per heavy atom. The Bertz CT molecular complexity index is 292. The van der Waals surface area contributed by atoms with Crippen LogP contribution in [0.1, 0.15) is 65.7 Å². The summed E-state index contributed by atoms with van der Waals surface area (Å²) < 4.78 is 0. The minimum absolute atomic E-state index is 0.610. The summed E-state index contributed by atoms with van der Waals surface area (Å²) in [5, 5.41) is 3.78. The largest absolute Gasteiger partial charge is 0.314 e. The first-order chi connectivity index (χ1) is 8.06. The maximum absolute atomic E-state index is 3.78. The fourth-order valence-electron chi connectivity index (χ4n) is 4.62. The van der Waals surface area contributed by atoms with E-state index in [1.807, 2.05) is 0 Å². The zero-order chi connectivity index (χ0) is 12.1. The Hall–Kier alpha value is -0.0400. The Morgan fingerprint density at radius 3 is 2.53 bits per heavy atom. The van der Waals surface area contributed by atoms with E-state index in [4.69, 9.17) is 0 Å². The van der Waals surface area contributed by atoms with E-state index in [1.54, 1.807) is 0 Å². The summed E-state index contributed by atoms with van der Waals surface area (Å²) >= 11 is 0. The molecule has 0 saturated heterocycles. The summed E-state index contributed by atoms with van der Waals surface area (Å²) in [5.41, 5.74) is 1.32. The van der Waals surface area contributed by atoms with Gasteiger partial charge in [-0.15, -0.1) is 0 Å². The van der Waals surface area contributed by atoms with Gasteiger partial charge in [-0.2, -0.15) is 0 Å². The summed E-state index contributed by atoms with van der Waals surface area (Å²) in [5.74, 6) is 1.93. The van der Waals surface area contributed by atoms with Crippen LogP contribution in [0, 0.1) is 22.7 Å². The van der Waals surface area contributed by atoms with Crippen molar-refractivity contribution in [1.29, 1.82) is 0 Å². The van der Waals surface area contributed by atoms with E-state index < -0.39 is 0 Å². The second kappa shape index (κ2) is 3.98. The highest BCUT2D eigenvalue weighted by atomic mass is 15.0. The summed E-state index contributed by atoms with van der Waals surface area (Å²) in [6.45, 7) is 8.81. The summed E-state index contributed by atoms with van der Waals surface area (Å²) in [6, 6.07) is 0.883. The maximum atomic E-state index is 3.78. The van der Waals surface area contributed by atoms with Crippen molar-refractivity contribution < 1.29 is 0 Å². The Kier molecular flexibility index (Phi) is 2.81. The predicted octanol–water partition coefficient (Wildman–Crippen LogP) is 3.98. The number of hydrogen-bond acceptors (Lipinski definition) is 1. The van der Waals surface area contributed by atoms with Gasteiger partial charge in [-0.1, -0.05) is 40.0 Å². The van der Waals surface area contributed by atoms with Crippen molar-refractivity contribution in [1.82, 2.24) is 5.32 Å². The first-order valence-corrected chi connectivity index (χ1v) is 7.80. The molecule has 0 aromatic rings. The van der Waals surface area contributed by atoms with Crippen molar-refractivity contribution in [3.05, 3.63) is 0 Å². The molecule has 0 heterocycles. The molecule has 3 aliphatic rings. The van der Waals surface area contributed by atoms with Crippen LogP contribution >= 0.6 is 0 Å². The average Bonchev–Trinajstić information content (AvgIpc) is 3.13. The standard InChI is InChI=1S/C16H29N/c1-12-5-4-9-16(10-8-12)14(15(16,2)3)11-17-13-6-7-13/h12-14,17H,4-11H2,1-3H3. The third kappa shape index (κ3) is 1.95. The van der Waals surface area contributed by atoms with Gasteiger partial charge < -0.3 is 5.32 Å². The van der Waals surface area contributed by atoms with Gasteiger partial charge in [0.05, 0.1) is 0 Å². The van der Waals surface area contributed by atoms with Gasteiger partial charge in [0.2, 0.25) is 0 Å². The first kappa shape index (κ1) is 12.0. The maximum Gasteiger partial charge on any atom is 0.00683 e. The summed E-state index contributed by atoms with van der Waals surface area (Å²) in [4.78, 5) is 0. The van der Waals surface area contributed by atoms with Crippen LogP contribution in [0.4, 0.5) is 0 Å². The lowest BCUT2D eigenvalue weighted by Gasteiger charge is -2.18. The van der Waals surface area contributed by atoms with Crippen molar-refractivity contribution in [3.8, 4) is 0 Å². The number of hydrogen-bond donors (Lipinski definition) is 1. The lowest BCUT2D eigenvalue weighted by molar-refractivity contribution is 0.325. The highest BCUT2D eigenvalue weighted by Crippen LogP contribution is 2.74. The van der Waals surface area contributed by atoms with Crippen molar-refractivity contribution in [2.45, 2.75) is 71.8 Å². The molecule has 3 fully saturated rings. The van der Waals surface area contributed by atoms with Crippen molar-refractivity contribution in [3.63, 3.8) is 0 Å². The van der Waals surface area contributed by atoms with Crippen LogP contribution in [0.15, 0.2) is 0 Å². The smallest absolute Gasteiger partial charge is 0.00683 e. The van der Waals surface area contributed by atoms with Crippen LogP contribution in [-0.4, -0.2) is 12.6 Å². The van der Waals surface area contributed by atoms with Gasteiger partial charge in [0.1, 0.15) is 0 Å². The molecule has 17 heavy (non-hydrogen) atoms. The minimum Gasteiger partial charge on any atom is -0.314 e. The highest BCUT2D eigenvalue weighted by Gasteiger charge is 2.69. The monoisotopic (exact) mass is 235 g/mol. The van der Waals surface area contributed by atoms with E-state index in [0.717, 1.165) is 17.9 Å². The van der Waals surface area contributed by atoms with E-state index in [9.17, 15) is 0 Å². The third-order valence-corrected chi connectivity index (χ3v) is 6.33. The molecule has 3 saturated carbocycles. The molecule has 0 aromatic carbocycles. The molecular weight excluding hydrogens is 206 g/mol. The van der Waals surface area contributed by atoms with Gasteiger partial charge >= 0.3 is 0 Å². The molecule has 3 rings (SSSR count). The Balaban J connectivity index is 1.64. The molecule has 1 spiro atoms. The molecule has 0 aromatic heterocycles. The van der Waals surface area contributed by atoms with Crippen molar-refractivity contribution in [2.24, 2.45) is 22.7 Å². The molecule has 1 heteroatoms. The molecule has 1 N–H and O–H groups in total.